The number of aliphatic carboxylic acids is 1. The SMILES string of the molecule is CC1CC2CS(=O)(=O)CC(C1)C2CCC(=O)O. The molecule has 0 radical (unpaired) electrons. The molecule has 98 valence electrons. The topological polar surface area (TPSA) is 71.4 Å². The monoisotopic (exact) mass is 260 g/mol. The van der Waals surface area contributed by atoms with E-state index in [1.54, 1.807) is 0 Å². The molecule has 2 bridgehead atoms. The number of carboxylic acids is 1. The van der Waals surface area contributed by atoms with Gasteiger partial charge in [0, 0.05) is 6.42 Å². The first-order valence-corrected chi connectivity index (χ1v) is 8.12. The van der Waals surface area contributed by atoms with E-state index in [1.807, 2.05) is 0 Å². The highest BCUT2D eigenvalue weighted by atomic mass is 32.2. The predicted molar refractivity (Wildman–Crippen MR) is 64.4 cm³/mol. The lowest BCUT2D eigenvalue weighted by Crippen LogP contribution is -2.45. The molecule has 1 heterocycles. The molecule has 4 nitrogen and oxygen atoms in total. The average Bonchev–Trinajstić information content (AvgIpc) is 2.12. The van der Waals surface area contributed by atoms with E-state index in [1.165, 1.54) is 0 Å². The molecular formula is C12H20O4S. The summed E-state index contributed by atoms with van der Waals surface area (Å²) in [4.78, 5) is 10.6. The van der Waals surface area contributed by atoms with E-state index in [0.717, 1.165) is 12.8 Å². The second-order valence-corrected chi connectivity index (χ2v) is 7.92. The number of hydrogen-bond donors (Lipinski definition) is 1. The van der Waals surface area contributed by atoms with Crippen LogP contribution in [0.25, 0.3) is 0 Å². The molecule has 0 aromatic carbocycles. The fourth-order valence-electron chi connectivity index (χ4n) is 3.73. The molecule has 17 heavy (non-hydrogen) atoms. The van der Waals surface area contributed by atoms with Gasteiger partial charge in [0.25, 0.3) is 0 Å². The van der Waals surface area contributed by atoms with Crippen molar-refractivity contribution in [2.45, 2.75) is 32.6 Å². The van der Waals surface area contributed by atoms with Crippen LogP contribution in [0.4, 0.5) is 0 Å². The minimum atomic E-state index is -2.88. The quantitative estimate of drug-likeness (QED) is 0.836. The van der Waals surface area contributed by atoms with Crippen molar-refractivity contribution >= 4 is 15.8 Å². The molecular weight excluding hydrogens is 240 g/mol. The van der Waals surface area contributed by atoms with Gasteiger partial charge in [-0.25, -0.2) is 8.42 Å². The van der Waals surface area contributed by atoms with E-state index in [4.69, 9.17) is 5.11 Å². The first-order valence-electron chi connectivity index (χ1n) is 6.29. The first kappa shape index (κ1) is 12.9. The molecule has 2 rings (SSSR count). The van der Waals surface area contributed by atoms with Crippen LogP contribution in [-0.2, 0) is 14.6 Å². The van der Waals surface area contributed by atoms with Crippen LogP contribution in [0.5, 0.6) is 0 Å². The van der Waals surface area contributed by atoms with E-state index >= 15 is 0 Å². The van der Waals surface area contributed by atoms with Gasteiger partial charge in [0.05, 0.1) is 11.5 Å². The summed E-state index contributed by atoms with van der Waals surface area (Å²) >= 11 is 0. The van der Waals surface area contributed by atoms with E-state index in [0.29, 0.717) is 18.3 Å². The van der Waals surface area contributed by atoms with Gasteiger partial charge in [-0.2, -0.15) is 0 Å². The minimum absolute atomic E-state index is 0.173. The smallest absolute Gasteiger partial charge is 0.303 e. The summed E-state index contributed by atoms with van der Waals surface area (Å²) in [6.07, 6.45) is 2.71. The third kappa shape index (κ3) is 3.00. The molecule has 1 saturated heterocycles. The second-order valence-electron chi connectivity index (χ2n) is 5.77. The third-order valence-corrected chi connectivity index (χ3v) is 6.12. The summed E-state index contributed by atoms with van der Waals surface area (Å²) in [5, 5.41) is 8.74. The maximum atomic E-state index is 11.7. The number of rotatable bonds is 3. The zero-order valence-electron chi connectivity index (χ0n) is 10.1. The maximum absolute atomic E-state index is 11.7. The van der Waals surface area contributed by atoms with Gasteiger partial charge in [-0.1, -0.05) is 6.92 Å². The lowest BCUT2D eigenvalue weighted by molar-refractivity contribution is -0.137. The Balaban J connectivity index is 2.10. The van der Waals surface area contributed by atoms with E-state index in [-0.39, 0.29) is 29.8 Å². The third-order valence-electron chi connectivity index (χ3n) is 4.25. The maximum Gasteiger partial charge on any atom is 0.303 e. The van der Waals surface area contributed by atoms with Crippen molar-refractivity contribution < 1.29 is 18.3 Å². The van der Waals surface area contributed by atoms with Crippen molar-refractivity contribution in [3.8, 4) is 0 Å². The molecule has 1 N–H and O–H groups in total. The van der Waals surface area contributed by atoms with Gasteiger partial charge >= 0.3 is 5.97 Å². The minimum Gasteiger partial charge on any atom is -0.481 e. The Morgan fingerprint density at radius 2 is 1.76 bits per heavy atom. The lowest BCUT2D eigenvalue weighted by atomic mass is 9.67. The molecule has 0 aromatic rings. The van der Waals surface area contributed by atoms with Crippen LogP contribution in [-0.4, -0.2) is 31.0 Å². The molecule has 1 aliphatic carbocycles. The van der Waals surface area contributed by atoms with Crippen molar-refractivity contribution in [2.75, 3.05) is 11.5 Å². The van der Waals surface area contributed by atoms with Crippen LogP contribution >= 0.6 is 0 Å². The number of carbonyl (C=O) groups is 1. The molecule has 2 fully saturated rings. The molecule has 2 unspecified atom stereocenters. The first-order chi connectivity index (χ1) is 7.87. The molecule has 0 aromatic heterocycles. The molecule has 2 atom stereocenters. The van der Waals surface area contributed by atoms with E-state index in [2.05, 4.69) is 6.92 Å². The van der Waals surface area contributed by atoms with Gasteiger partial charge in [0.1, 0.15) is 0 Å². The van der Waals surface area contributed by atoms with E-state index in [9.17, 15) is 13.2 Å². The fourth-order valence-corrected chi connectivity index (χ4v) is 5.94. The number of hydrogen-bond acceptors (Lipinski definition) is 3. The highest BCUT2D eigenvalue weighted by Gasteiger charge is 2.44. The van der Waals surface area contributed by atoms with Gasteiger partial charge in [-0.15, -0.1) is 0 Å². The largest absolute Gasteiger partial charge is 0.481 e. The summed E-state index contributed by atoms with van der Waals surface area (Å²) in [5.74, 6) is 1.07. The molecule has 1 saturated carbocycles. The summed E-state index contributed by atoms with van der Waals surface area (Å²) in [7, 11) is -2.88. The Morgan fingerprint density at radius 3 is 2.24 bits per heavy atom. The van der Waals surface area contributed by atoms with Crippen molar-refractivity contribution in [3.63, 3.8) is 0 Å². The normalized spacial score (nSPS) is 39.8. The molecule has 1 aliphatic heterocycles. The highest BCUT2D eigenvalue weighted by molar-refractivity contribution is 7.91. The Bertz CT molecular complexity index is 379. The summed E-state index contributed by atoms with van der Waals surface area (Å²) in [6, 6.07) is 0. The molecule has 2 aliphatic rings. The predicted octanol–water partition coefficient (Wildman–Crippen LogP) is 1.56. The van der Waals surface area contributed by atoms with Crippen LogP contribution in [0.3, 0.4) is 0 Å². The van der Waals surface area contributed by atoms with Gasteiger partial charge in [0.2, 0.25) is 0 Å². The lowest BCUT2D eigenvalue weighted by Gasteiger charge is -2.44. The van der Waals surface area contributed by atoms with Gasteiger partial charge in [0.15, 0.2) is 9.84 Å². The van der Waals surface area contributed by atoms with Crippen LogP contribution in [0.1, 0.15) is 32.6 Å². The van der Waals surface area contributed by atoms with Gasteiger partial charge < -0.3 is 5.11 Å². The summed E-state index contributed by atoms with van der Waals surface area (Å²) < 4.78 is 23.5. The van der Waals surface area contributed by atoms with Crippen LogP contribution in [0.15, 0.2) is 0 Å². The fraction of sp³-hybridized carbons (Fsp3) is 0.917. The summed E-state index contributed by atoms with van der Waals surface area (Å²) in [6.45, 7) is 2.17. The second kappa shape index (κ2) is 4.59. The Hall–Kier alpha value is -0.580. The van der Waals surface area contributed by atoms with Crippen molar-refractivity contribution in [2.24, 2.45) is 23.7 Å². The zero-order chi connectivity index (χ0) is 12.6. The van der Waals surface area contributed by atoms with Crippen LogP contribution in [0, 0.1) is 23.7 Å². The van der Waals surface area contributed by atoms with E-state index < -0.39 is 15.8 Å². The standard InChI is InChI=1S/C12H20O4S/c1-8-4-9-6-17(15,16)7-10(5-8)11(9)2-3-12(13)14/h8-11H,2-7H2,1H3,(H,13,14). The Kier molecular flexibility index (Phi) is 3.48. The molecule has 0 amide bonds. The Morgan fingerprint density at radius 1 is 1.24 bits per heavy atom. The van der Waals surface area contributed by atoms with Crippen LogP contribution < -0.4 is 0 Å². The Labute approximate surface area is 102 Å². The zero-order valence-corrected chi connectivity index (χ0v) is 10.9. The summed E-state index contributed by atoms with van der Waals surface area (Å²) in [5.41, 5.74) is 0. The molecule has 5 heteroatoms. The van der Waals surface area contributed by atoms with Crippen molar-refractivity contribution in [3.05, 3.63) is 0 Å². The highest BCUT2D eigenvalue weighted by Crippen LogP contribution is 2.45. The molecule has 0 spiro atoms. The number of fused-ring (bicyclic) bond motifs is 2. The number of sulfone groups is 1. The van der Waals surface area contributed by atoms with Gasteiger partial charge in [-0.3, -0.25) is 4.79 Å². The van der Waals surface area contributed by atoms with Crippen molar-refractivity contribution in [1.82, 2.24) is 0 Å². The average molecular weight is 260 g/mol. The number of carboxylic acid groups (broad SMARTS) is 1. The van der Waals surface area contributed by atoms with Gasteiger partial charge in [-0.05, 0) is 42.9 Å². The van der Waals surface area contributed by atoms with Crippen LogP contribution in [0.2, 0.25) is 0 Å². The van der Waals surface area contributed by atoms with Crippen molar-refractivity contribution in [1.29, 1.82) is 0 Å².